The highest BCUT2D eigenvalue weighted by Crippen LogP contribution is 2.44. The normalized spacial score (nSPS) is 31.8. The number of ether oxygens (including phenoxy) is 1. The highest BCUT2D eigenvalue weighted by atomic mass is 16.5. The van der Waals surface area contributed by atoms with Gasteiger partial charge in [0.05, 0.1) is 13.2 Å². The van der Waals surface area contributed by atoms with Crippen molar-refractivity contribution in [2.45, 2.75) is 45.1 Å². The lowest BCUT2D eigenvalue weighted by molar-refractivity contribution is -0.130. The van der Waals surface area contributed by atoms with Crippen molar-refractivity contribution in [2.75, 3.05) is 26.7 Å². The second-order valence-corrected chi connectivity index (χ2v) is 7.59. The van der Waals surface area contributed by atoms with Crippen LogP contribution in [-0.2, 0) is 9.53 Å². The summed E-state index contributed by atoms with van der Waals surface area (Å²) in [6.07, 6.45) is 6.12. The van der Waals surface area contributed by atoms with Crippen LogP contribution in [-0.4, -0.2) is 54.6 Å². The summed E-state index contributed by atoms with van der Waals surface area (Å²) >= 11 is 0. The third-order valence-corrected chi connectivity index (χ3v) is 6.15. The van der Waals surface area contributed by atoms with Crippen molar-refractivity contribution in [1.82, 2.24) is 9.80 Å². The van der Waals surface area contributed by atoms with Crippen LogP contribution in [0, 0.1) is 29.1 Å². The summed E-state index contributed by atoms with van der Waals surface area (Å²) in [5, 5.41) is 9.11. The Morgan fingerprint density at radius 3 is 2.56 bits per heavy atom. The first kappa shape index (κ1) is 17.8. The first-order valence-corrected chi connectivity index (χ1v) is 9.22. The smallest absolute Gasteiger partial charge is 0.409 e. The fraction of sp³-hybridized carbons (Fsp3) is 0.737. The number of carbonyl (C=O) groups is 2. The second kappa shape index (κ2) is 7.47. The molecule has 0 radical (unpaired) electrons. The predicted octanol–water partition coefficient (Wildman–Crippen LogP) is 2.56. The van der Waals surface area contributed by atoms with Crippen LogP contribution in [0.4, 0.5) is 4.79 Å². The number of allylic oxidation sites excluding steroid dienone is 1. The molecule has 2 aliphatic heterocycles. The molecule has 0 aromatic carbocycles. The second-order valence-electron chi connectivity index (χ2n) is 7.59. The van der Waals surface area contributed by atoms with Gasteiger partial charge in [-0.2, -0.15) is 5.26 Å². The summed E-state index contributed by atoms with van der Waals surface area (Å²) < 4.78 is 4.82. The molecule has 1 aliphatic carbocycles. The summed E-state index contributed by atoms with van der Waals surface area (Å²) in [6, 6.07) is 1.98. The first-order chi connectivity index (χ1) is 12.0. The third-order valence-electron chi connectivity index (χ3n) is 6.15. The number of rotatable bonds is 3. The summed E-state index contributed by atoms with van der Waals surface area (Å²) in [4.78, 5) is 27.5. The quantitative estimate of drug-likeness (QED) is 0.737. The van der Waals surface area contributed by atoms with Gasteiger partial charge in [0.2, 0.25) is 5.91 Å². The minimum Gasteiger partial charge on any atom is -0.453 e. The average molecular weight is 345 g/mol. The Morgan fingerprint density at radius 1 is 1.28 bits per heavy atom. The van der Waals surface area contributed by atoms with Crippen molar-refractivity contribution in [2.24, 2.45) is 17.8 Å². The highest BCUT2D eigenvalue weighted by Gasteiger charge is 2.43. The van der Waals surface area contributed by atoms with Crippen molar-refractivity contribution in [3.63, 3.8) is 0 Å². The molecule has 0 aromatic rings. The maximum atomic E-state index is 12.4. The molecule has 6 heteroatoms. The van der Waals surface area contributed by atoms with Crippen molar-refractivity contribution >= 4 is 12.0 Å². The number of amides is 2. The Bertz CT molecular complexity index is 596. The Balaban J connectivity index is 1.51. The van der Waals surface area contributed by atoms with Crippen molar-refractivity contribution < 1.29 is 14.3 Å². The van der Waals surface area contributed by atoms with E-state index >= 15 is 0 Å². The van der Waals surface area contributed by atoms with Crippen LogP contribution >= 0.6 is 0 Å². The summed E-state index contributed by atoms with van der Waals surface area (Å²) in [7, 11) is 1.43. The van der Waals surface area contributed by atoms with E-state index in [1.165, 1.54) is 12.7 Å². The number of likely N-dealkylation sites (tertiary alicyclic amines) is 2. The van der Waals surface area contributed by atoms with E-state index in [0.717, 1.165) is 38.8 Å². The lowest BCUT2D eigenvalue weighted by Crippen LogP contribution is -2.34. The van der Waals surface area contributed by atoms with Gasteiger partial charge in [0, 0.05) is 26.1 Å². The van der Waals surface area contributed by atoms with Gasteiger partial charge < -0.3 is 14.5 Å². The van der Waals surface area contributed by atoms with E-state index in [0.29, 0.717) is 30.7 Å². The zero-order chi connectivity index (χ0) is 18.0. The molecule has 1 saturated carbocycles. The van der Waals surface area contributed by atoms with E-state index in [9.17, 15) is 9.59 Å². The molecule has 2 heterocycles. The topological polar surface area (TPSA) is 73.6 Å². The zero-order valence-corrected chi connectivity index (χ0v) is 15.1. The standard InChI is InChI=1S/C19H27N3O3/c1-13(5-6-18(23)22-7-3-4-17(22)10-20)14-8-15-11-21(19(24)25-2)12-16(15)9-14/h5,14-17H,3-4,6-9,11-12H2,1-2H3/b13-5-. The molecule has 0 N–H and O–H groups in total. The van der Waals surface area contributed by atoms with E-state index in [1.807, 2.05) is 4.90 Å². The number of hydrogen-bond donors (Lipinski definition) is 0. The van der Waals surface area contributed by atoms with E-state index in [4.69, 9.17) is 10.00 Å². The first-order valence-electron chi connectivity index (χ1n) is 9.22. The minimum atomic E-state index is -0.239. The molecule has 3 fully saturated rings. The third kappa shape index (κ3) is 3.65. The van der Waals surface area contributed by atoms with Gasteiger partial charge in [0.25, 0.3) is 0 Å². The van der Waals surface area contributed by atoms with Crippen LogP contribution in [0.3, 0.4) is 0 Å². The van der Waals surface area contributed by atoms with Gasteiger partial charge in [-0.05, 0) is 50.4 Å². The number of hydrogen-bond acceptors (Lipinski definition) is 4. The minimum absolute atomic E-state index is 0.0680. The lowest BCUT2D eigenvalue weighted by atomic mass is 9.96. The molecule has 0 bridgehead atoms. The lowest BCUT2D eigenvalue weighted by Gasteiger charge is -2.20. The van der Waals surface area contributed by atoms with Crippen molar-refractivity contribution in [3.8, 4) is 6.07 Å². The maximum Gasteiger partial charge on any atom is 0.409 e. The molecular weight excluding hydrogens is 318 g/mol. The Labute approximate surface area is 149 Å². The molecule has 2 amide bonds. The SMILES string of the molecule is COC(=O)N1CC2CC(/C(C)=C\CC(=O)N3CCCC3C#N)CC2C1. The van der Waals surface area contributed by atoms with Crippen LogP contribution < -0.4 is 0 Å². The van der Waals surface area contributed by atoms with Crippen LogP contribution in [0.25, 0.3) is 0 Å². The van der Waals surface area contributed by atoms with E-state index in [1.54, 1.807) is 4.90 Å². The van der Waals surface area contributed by atoms with Crippen molar-refractivity contribution in [1.29, 1.82) is 5.26 Å². The Hall–Kier alpha value is -2.03. The van der Waals surface area contributed by atoms with Gasteiger partial charge in [-0.15, -0.1) is 0 Å². The molecule has 2 saturated heterocycles. The van der Waals surface area contributed by atoms with Gasteiger partial charge in [-0.3, -0.25) is 4.79 Å². The predicted molar refractivity (Wildman–Crippen MR) is 92.4 cm³/mol. The Kier molecular flexibility index (Phi) is 5.31. The molecule has 0 aromatic heterocycles. The Morgan fingerprint density at radius 2 is 1.96 bits per heavy atom. The number of nitrogens with zero attached hydrogens (tertiary/aromatic N) is 3. The fourth-order valence-electron chi connectivity index (χ4n) is 4.68. The van der Waals surface area contributed by atoms with Gasteiger partial charge in [0.15, 0.2) is 0 Å². The van der Waals surface area contributed by atoms with E-state index in [2.05, 4.69) is 19.1 Å². The van der Waals surface area contributed by atoms with Gasteiger partial charge >= 0.3 is 6.09 Å². The molecule has 3 aliphatic rings. The molecule has 3 rings (SSSR count). The van der Waals surface area contributed by atoms with E-state index in [-0.39, 0.29) is 18.0 Å². The van der Waals surface area contributed by atoms with E-state index < -0.39 is 0 Å². The van der Waals surface area contributed by atoms with Crippen LogP contribution in [0.1, 0.15) is 39.0 Å². The number of fused-ring (bicyclic) bond motifs is 1. The number of nitriles is 1. The van der Waals surface area contributed by atoms with Gasteiger partial charge in [-0.1, -0.05) is 11.6 Å². The summed E-state index contributed by atoms with van der Waals surface area (Å²) in [5.41, 5.74) is 1.28. The van der Waals surface area contributed by atoms with Gasteiger partial charge in [0.1, 0.15) is 6.04 Å². The molecular formula is C19H27N3O3. The fourth-order valence-corrected chi connectivity index (χ4v) is 4.68. The summed E-state index contributed by atoms with van der Waals surface area (Å²) in [6.45, 7) is 4.40. The molecule has 3 atom stereocenters. The van der Waals surface area contributed by atoms with Crippen LogP contribution in [0.15, 0.2) is 11.6 Å². The average Bonchev–Trinajstić information content (AvgIpc) is 3.31. The molecule has 136 valence electrons. The molecule has 25 heavy (non-hydrogen) atoms. The van der Waals surface area contributed by atoms with Crippen LogP contribution in [0.2, 0.25) is 0 Å². The monoisotopic (exact) mass is 345 g/mol. The maximum absolute atomic E-state index is 12.4. The zero-order valence-electron chi connectivity index (χ0n) is 15.1. The largest absolute Gasteiger partial charge is 0.453 e. The highest BCUT2D eigenvalue weighted by molar-refractivity contribution is 5.78. The number of carbonyl (C=O) groups excluding carboxylic acids is 2. The molecule has 0 spiro atoms. The molecule has 3 unspecified atom stereocenters. The summed E-state index contributed by atoms with van der Waals surface area (Å²) in [5.74, 6) is 1.67. The van der Waals surface area contributed by atoms with Crippen LogP contribution in [0.5, 0.6) is 0 Å². The molecule has 6 nitrogen and oxygen atoms in total. The van der Waals surface area contributed by atoms with Gasteiger partial charge in [-0.25, -0.2) is 4.79 Å². The van der Waals surface area contributed by atoms with Crippen molar-refractivity contribution in [3.05, 3.63) is 11.6 Å². The number of methoxy groups -OCH3 is 1.